The van der Waals surface area contributed by atoms with Gasteiger partial charge in [0.25, 0.3) is 0 Å². The maximum Gasteiger partial charge on any atom is 0.472 e. The van der Waals surface area contributed by atoms with E-state index in [0.29, 0.717) is 17.4 Å². The third kappa shape index (κ3) is 72.1. The molecule has 0 heterocycles. The standard InChI is InChI=1S/C77H140NO8P/c1-6-8-10-12-14-16-18-20-22-24-26-28-30-32-34-35-36-37-38-39-40-41-42-44-45-47-49-51-53-55-57-59-61-63-65-67-69-76(79)83-73-75(74-85-87(81,82)84-72-71-78(3,4)5)86-77(80)70-68-66-64-62-60-58-56-54-52-50-48-46-43-33-31-29-27-25-23-21-19-17-15-13-11-9-7-2/h9,11,15,17,21,23,27,29,33,43,48,50,54,56,75H,6-8,10,12-14,16,18-20,22,24-26,28,30-32,34-42,44-47,49,51-53,55,57-74H2,1-5H3/p+1/b11-9-,17-15-,23-21-,29-27-,43-33-,50-48-,56-54-. The Morgan fingerprint density at radius 3 is 0.977 bits per heavy atom. The van der Waals surface area contributed by atoms with Crippen molar-refractivity contribution in [1.29, 1.82) is 0 Å². The van der Waals surface area contributed by atoms with Gasteiger partial charge in [-0.1, -0.05) is 343 Å². The van der Waals surface area contributed by atoms with Gasteiger partial charge in [0.05, 0.1) is 27.7 Å². The molecule has 506 valence electrons. The summed E-state index contributed by atoms with van der Waals surface area (Å²) in [6.45, 7) is 4.34. The predicted molar refractivity (Wildman–Crippen MR) is 376 cm³/mol. The van der Waals surface area contributed by atoms with Crippen molar-refractivity contribution in [3.8, 4) is 0 Å². The number of hydrogen-bond donors (Lipinski definition) is 1. The molecule has 0 aliphatic rings. The molecule has 9 nitrogen and oxygen atoms in total. The maximum atomic E-state index is 12.9. The van der Waals surface area contributed by atoms with Crippen molar-refractivity contribution in [2.45, 2.75) is 347 Å². The number of esters is 2. The summed E-state index contributed by atoms with van der Waals surface area (Å²) in [7, 11) is 1.46. The number of ether oxygens (including phenoxy) is 2. The highest BCUT2D eigenvalue weighted by molar-refractivity contribution is 7.47. The molecule has 0 saturated heterocycles. The number of nitrogens with zero attached hydrogens (tertiary/aromatic N) is 1. The van der Waals surface area contributed by atoms with Crippen molar-refractivity contribution >= 4 is 19.8 Å². The first-order chi connectivity index (χ1) is 42.5. The molecule has 0 aromatic heterocycles. The van der Waals surface area contributed by atoms with Crippen LogP contribution in [0.1, 0.15) is 341 Å². The van der Waals surface area contributed by atoms with Crippen molar-refractivity contribution < 1.29 is 42.1 Å². The predicted octanol–water partition coefficient (Wildman–Crippen LogP) is 24.1. The maximum absolute atomic E-state index is 12.9. The van der Waals surface area contributed by atoms with Crippen LogP contribution < -0.4 is 0 Å². The summed E-state index contributed by atoms with van der Waals surface area (Å²) in [5.41, 5.74) is 0. The van der Waals surface area contributed by atoms with Gasteiger partial charge in [-0.15, -0.1) is 0 Å². The lowest BCUT2D eigenvalue weighted by molar-refractivity contribution is -0.870. The van der Waals surface area contributed by atoms with E-state index in [1.807, 2.05) is 21.1 Å². The van der Waals surface area contributed by atoms with Gasteiger partial charge in [0, 0.05) is 12.8 Å². The second kappa shape index (κ2) is 67.6. The first-order valence-corrected chi connectivity index (χ1v) is 38.3. The number of unbranched alkanes of at least 4 members (excludes halogenated alkanes) is 40. The van der Waals surface area contributed by atoms with Gasteiger partial charge < -0.3 is 18.9 Å². The molecular weight excluding hydrogens is 1100 g/mol. The molecule has 1 N–H and O–H groups in total. The first-order valence-electron chi connectivity index (χ1n) is 36.8. The molecule has 87 heavy (non-hydrogen) atoms. The molecule has 0 fully saturated rings. The van der Waals surface area contributed by atoms with Gasteiger partial charge in [0.2, 0.25) is 0 Å². The van der Waals surface area contributed by atoms with Crippen LogP contribution in [0.2, 0.25) is 0 Å². The minimum atomic E-state index is -4.40. The zero-order chi connectivity index (χ0) is 63.4. The highest BCUT2D eigenvalue weighted by Gasteiger charge is 2.27. The fourth-order valence-corrected chi connectivity index (χ4v) is 11.3. The number of hydrogen-bond acceptors (Lipinski definition) is 7. The van der Waals surface area contributed by atoms with Crippen LogP contribution in [-0.2, 0) is 32.7 Å². The molecule has 0 bridgehead atoms. The molecule has 2 unspecified atom stereocenters. The van der Waals surface area contributed by atoms with Gasteiger partial charge in [0.15, 0.2) is 6.10 Å². The average molecular weight is 1240 g/mol. The third-order valence-corrected chi connectivity index (χ3v) is 17.2. The fourth-order valence-electron chi connectivity index (χ4n) is 10.6. The molecular formula is C77H141NO8P+. The minimum absolute atomic E-state index is 0.0249. The Morgan fingerprint density at radius 2 is 0.655 bits per heavy atom. The monoisotopic (exact) mass is 1240 g/mol. The van der Waals surface area contributed by atoms with E-state index in [-0.39, 0.29) is 32.0 Å². The van der Waals surface area contributed by atoms with Gasteiger partial charge in [-0.2, -0.15) is 0 Å². The molecule has 0 rings (SSSR count). The first kappa shape index (κ1) is 84.2. The lowest BCUT2D eigenvalue weighted by atomic mass is 10.0. The Morgan fingerprint density at radius 1 is 0.368 bits per heavy atom. The van der Waals surface area contributed by atoms with E-state index in [9.17, 15) is 19.0 Å². The van der Waals surface area contributed by atoms with Crippen LogP contribution in [0.5, 0.6) is 0 Å². The lowest BCUT2D eigenvalue weighted by Crippen LogP contribution is -2.37. The van der Waals surface area contributed by atoms with Gasteiger partial charge in [0.1, 0.15) is 19.8 Å². The van der Waals surface area contributed by atoms with Crippen molar-refractivity contribution in [3.05, 3.63) is 85.1 Å². The number of phosphoric ester groups is 1. The van der Waals surface area contributed by atoms with Gasteiger partial charge in [-0.25, -0.2) is 4.57 Å². The van der Waals surface area contributed by atoms with Crippen LogP contribution in [0.15, 0.2) is 85.1 Å². The third-order valence-electron chi connectivity index (χ3n) is 16.2. The Kier molecular flexibility index (Phi) is 65.4. The minimum Gasteiger partial charge on any atom is -0.462 e. The zero-order valence-electron chi connectivity index (χ0n) is 57.8. The summed E-state index contributed by atoms with van der Waals surface area (Å²) in [6, 6.07) is 0. The second-order valence-electron chi connectivity index (χ2n) is 26.0. The molecule has 0 aliphatic heterocycles. The second-order valence-corrected chi connectivity index (χ2v) is 27.4. The van der Waals surface area contributed by atoms with E-state index in [1.165, 1.54) is 212 Å². The van der Waals surface area contributed by atoms with Gasteiger partial charge >= 0.3 is 19.8 Å². The Hall–Kier alpha value is -2.81. The smallest absolute Gasteiger partial charge is 0.462 e. The molecule has 0 saturated carbocycles. The summed E-state index contributed by atoms with van der Waals surface area (Å²) >= 11 is 0. The van der Waals surface area contributed by atoms with Crippen LogP contribution in [0.25, 0.3) is 0 Å². The molecule has 0 amide bonds. The van der Waals surface area contributed by atoms with E-state index in [0.717, 1.165) is 96.3 Å². The quantitative estimate of drug-likeness (QED) is 0.0211. The van der Waals surface area contributed by atoms with E-state index in [2.05, 4.69) is 98.9 Å². The summed E-state index contributed by atoms with van der Waals surface area (Å²) in [4.78, 5) is 35.9. The number of carbonyl (C=O) groups excluding carboxylic acids is 2. The average Bonchev–Trinajstić information content (AvgIpc) is 3.68. The molecule has 10 heteroatoms. The van der Waals surface area contributed by atoms with Crippen molar-refractivity contribution in [1.82, 2.24) is 0 Å². The number of phosphoric acid groups is 1. The van der Waals surface area contributed by atoms with Crippen LogP contribution in [0.3, 0.4) is 0 Å². The number of quaternary nitrogens is 1. The Bertz CT molecular complexity index is 1740. The molecule has 0 radical (unpaired) electrons. The zero-order valence-corrected chi connectivity index (χ0v) is 58.6. The van der Waals surface area contributed by atoms with Gasteiger partial charge in [-0.05, 0) is 70.6 Å². The summed E-state index contributed by atoms with van der Waals surface area (Å²) in [6.07, 6.45) is 92.9. The Balaban J connectivity index is 4.01. The topological polar surface area (TPSA) is 108 Å². The number of rotatable bonds is 68. The summed E-state index contributed by atoms with van der Waals surface area (Å²) < 4.78 is 34.7. The van der Waals surface area contributed by atoms with Crippen LogP contribution in [0, 0.1) is 0 Å². The van der Waals surface area contributed by atoms with Crippen LogP contribution in [-0.4, -0.2) is 74.9 Å². The van der Waals surface area contributed by atoms with E-state index >= 15 is 0 Å². The largest absolute Gasteiger partial charge is 0.472 e. The van der Waals surface area contributed by atoms with E-state index < -0.39 is 26.5 Å². The SMILES string of the molecule is CC/C=C\C/C=C\C/C=C\C/C=C\C/C=C\C/C=C\C/C=C\CCCCCCCC(=O)OC(COC(=O)CCCCCCCCCCCCCCCCCCCCCCCCCCCCCCCCCCCCCC)COP(=O)(O)OCC[N+](C)(C)C. The lowest BCUT2D eigenvalue weighted by Gasteiger charge is -2.24. The number of likely N-dealkylation sites (N-methyl/N-ethyl adjacent to an activating group) is 1. The summed E-state index contributed by atoms with van der Waals surface area (Å²) in [5.74, 6) is -0.811. The summed E-state index contributed by atoms with van der Waals surface area (Å²) in [5, 5.41) is 0. The highest BCUT2D eigenvalue weighted by atomic mass is 31.2. The molecule has 0 spiro atoms. The highest BCUT2D eigenvalue weighted by Crippen LogP contribution is 2.43. The fraction of sp³-hybridized carbons (Fsp3) is 0.792. The molecule has 0 aromatic carbocycles. The van der Waals surface area contributed by atoms with Crippen molar-refractivity contribution in [2.24, 2.45) is 0 Å². The van der Waals surface area contributed by atoms with Crippen molar-refractivity contribution in [3.63, 3.8) is 0 Å². The molecule has 2 atom stereocenters. The van der Waals surface area contributed by atoms with Gasteiger partial charge in [-0.3, -0.25) is 18.6 Å². The molecule has 0 aliphatic carbocycles. The Labute approximate surface area is 539 Å². The van der Waals surface area contributed by atoms with E-state index in [4.69, 9.17) is 18.5 Å². The number of carbonyl (C=O) groups is 2. The van der Waals surface area contributed by atoms with Crippen molar-refractivity contribution in [2.75, 3.05) is 47.5 Å². The van der Waals surface area contributed by atoms with Crippen LogP contribution in [0.4, 0.5) is 0 Å². The normalized spacial score (nSPS) is 13.6. The van der Waals surface area contributed by atoms with Crippen LogP contribution >= 0.6 is 7.82 Å². The van der Waals surface area contributed by atoms with E-state index in [1.54, 1.807) is 0 Å². The number of allylic oxidation sites excluding steroid dienone is 14. The molecule has 0 aromatic rings.